The van der Waals surface area contributed by atoms with E-state index in [1.54, 1.807) is 4.90 Å². The van der Waals surface area contributed by atoms with Crippen molar-refractivity contribution in [2.75, 3.05) is 19.6 Å². The summed E-state index contributed by atoms with van der Waals surface area (Å²) in [6.45, 7) is 7.96. The van der Waals surface area contributed by atoms with Gasteiger partial charge in [-0.15, -0.1) is 0 Å². The summed E-state index contributed by atoms with van der Waals surface area (Å²) in [5.41, 5.74) is 4.92. The molecule has 2 atom stereocenters. The molecule has 2 unspecified atom stereocenters. The van der Waals surface area contributed by atoms with Crippen molar-refractivity contribution in [3.63, 3.8) is 0 Å². The van der Waals surface area contributed by atoms with E-state index in [2.05, 4.69) is 63.2 Å². The highest BCUT2D eigenvalue weighted by Crippen LogP contribution is 2.34. The molecule has 0 radical (unpaired) electrons. The number of hydrogen-bond donors (Lipinski definition) is 0. The Balaban J connectivity index is 1.53. The molecule has 2 aliphatic heterocycles. The second kappa shape index (κ2) is 8.02. The van der Waals surface area contributed by atoms with Gasteiger partial charge < -0.3 is 9.80 Å². The summed E-state index contributed by atoms with van der Waals surface area (Å²) in [5.74, 6) is 0.671. The van der Waals surface area contributed by atoms with Crippen LogP contribution in [0.2, 0.25) is 0 Å². The molecule has 0 aromatic heterocycles. The standard InChI is InChI=1S/C25H30N2O2/c1-17(2)22(20-10-8-18(3)9-11-20)14-24(28)26-15-23-21-7-5-4-6-19(21)12-13-27(23)25(29)16-26/h4-11,17,22-23H,12-16H2,1-3H3. The minimum Gasteiger partial charge on any atom is -0.332 e. The first-order valence-electron chi connectivity index (χ1n) is 10.7. The molecule has 0 bridgehead atoms. The summed E-state index contributed by atoms with van der Waals surface area (Å²) in [6, 6.07) is 16.8. The highest BCUT2D eigenvalue weighted by atomic mass is 16.2. The molecule has 2 heterocycles. The quantitative estimate of drug-likeness (QED) is 0.789. The van der Waals surface area contributed by atoms with Gasteiger partial charge in [0.05, 0.1) is 12.6 Å². The number of carbonyl (C=O) groups excluding carboxylic acids is 2. The molecular weight excluding hydrogens is 360 g/mol. The number of hydrogen-bond acceptors (Lipinski definition) is 2. The molecule has 2 aromatic rings. The van der Waals surface area contributed by atoms with Crippen molar-refractivity contribution < 1.29 is 9.59 Å². The third-order valence-electron chi connectivity index (χ3n) is 6.51. The third-order valence-corrected chi connectivity index (χ3v) is 6.51. The van der Waals surface area contributed by atoms with Gasteiger partial charge in [0.25, 0.3) is 0 Å². The van der Waals surface area contributed by atoms with Crippen molar-refractivity contribution in [1.82, 2.24) is 9.80 Å². The largest absolute Gasteiger partial charge is 0.332 e. The van der Waals surface area contributed by atoms with E-state index < -0.39 is 0 Å². The first kappa shape index (κ1) is 19.7. The van der Waals surface area contributed by atoms with Crippen LogP contribution in [0.25, 0.3) is 0 Å². The Bertz CT molecular complexity index is 903. The lowest BCUT2D eigenvalue weighted by Gasteiger charge is -2.44. The fourth-order valence-corrected chi connectivity index (χ4v) is 4.73. The van der Waals surface area contributed by atoms with Gasteiger partial charge in [0, 0.05) is 19.5 Å². The minimum absolute atomic E-state index is 0.0120. The SMILES string of the molecule is Cc1ccc(C(CC(=O)N2CC(=O)N3CCc4ccccc4C3C2)C(C)C)cc1. The number of nitrogens with zero attached hydrogens (tertiary/aromatic N) is 2. The number of benzene rings is 2. The van der Waals surface area contributed by atoms with Crippen molar-refractivity contribution in [3.05, 3.63) is 70.8 Å². The zero-order chi connectivity index (χ0) is 20.5. The second-order valence-corrected chi connectivity index (χ2v) is 8.79. The maximum absolute atomic E-state index is 13.2. The van der Waals surface area contributed by atoms with Crippen LogP contribution in [0, 0.1) is 12.8 Å². The average molecular weight is 391 g/mol. The van der Waals surface area contributed by atoms with Gasteiger partial charge in [-0.05, 0) is 41.9 Å². The number of amides is 2. The van der Waals surface area contributed by atoms with Gasteiger partial charge in [0.15, 0.2) is 0 Å². The first-order chi connectivity index (χ1) is 13.9. The van der Waals surface area contributed by atoms with Crippen molar-refractivity contribution in [1.29, 1.82) is 0 Å². The van der Waals surface area contributed by atoms with Gasteiger partial charge in [-0.25, -0.2) is 0 Å². The molecule has 2 aromatic carbocycles. The Morgan fingerprint density at radius 2 is 1.83 bits per heavy atom. The fraction of sp³-hybridized carbons (Fsp3) is 0.440. The van der Waals surface area contributed by atoms with Crippen molar-refractivity contribution in [2.24, 2.45) is 5.92 Å². The average Bonchev–Trinajstić information content (AvgIpc) is 2.72. The Kier molecular flexibility index (Phi) is 5.44. The molecule has 4 nitrogen and oxygen atoms in total. The molecule has 152 valence electrons. The van der Waals surface area contributed by atoms with Crippen LogP contribution < -0.4 is 0 Å². The molecule has 4 heteroatoms. The van der Waals surface area contributed by atoms with Gasteiger partial charge >= 0.3 is 0 Å². The second-order valence-electron chi connectivity index (χ2n) is 8.79. The summed E-state index contributed by atoms with van der Waals surface area (Å²) in [6.07, 6.45) is 1.34. The summed E-state index contributed by atoms with van der Waals surface area (Å²) in [4.78, 5) is 29.8. The van der Waals surface area contributed by atoms with Crippen molar-refractivity contribution in [3.8, 4) is 0 Å². The van der Waals surface area contributed by atoms with Crippen LogP contribution in [-0.4, -0.2) is 41.2 Å². The molecule has 0 spiro atoms. The normalized spacial score (nSPS) is 19.7. The zero-order valence-electron chi connectivity index (χ0n) is 17.6. The maximum Gasteiger partial charge on any atom is 0.242 e. The van der Waals surface area contributed by atoms with Crippen LogP contribution >= 0.6 is 0 Å². The van der Waals surface area contributed by atoms with Crippen LogP contribution in [0.15, 0.2) is 48.5 Å². The van der Waals surface area contributed by atoms with Crippen LogP contribution in [0.1, 0.15) is 54.5 Å². The molecule has 0 N–H and O–H groups in total. The van der Waals surface area contributed by atoms with E-state index in [1.165, 1.54) is 22.3 Å². The lowest BCUT2D eigenvalue weighted by atomic mass is 9.84. The lowest BCUT2D eigenvalue weighted by molar-refractivity contribution is -0.149. The number of rotatable bonds is 4. The van der Waals surface area contributed by atoms with E-state index in [1.807, 2.05) is 11.0 Å². The summed E-state index contributed by atoms with van der Waals surface area (Å²) < 4.78 is 0. The van der Waals surface area contributed by atoms with Crippen LogP contribution in [-0.2, 0) is 16.0 Å². The number of piperazine rings is 1. The molecule has 1 saturated heterocycles. The van der Waals surface area contributed by atoms with Gasteiger partial charge in [-0.1, -0.05) is 67.9 Å². The van der Waals surface area contributed by atoms with Crippen molar-refractivity contribution >= 4 is 11.8 Å². The van der Waals surface area contributed by atoms with E-state index in [9.17, 15) is 9.59 Å². The molecular formula is C25H30N2O2. The Morgan fingerprint density at radius 1 is 1.10 bits per heavy atom. The Morgan fingerprint density at radius 3 is 2.55 bits per heavy atom. The molecule has 0 saturated carbocycles. The molecule has 29 heavy (non-hydrogen) atoms. The van der Waals surface area contributed by atoms with Gasteiger partial charge in [-0.3, -0.25) is 9.59 Å². The molecule has 0 aliphatic carbocycles. The number of fused-ring (bicyclic) bond motifs is 3. The highest BCUT2D eigenvalue weighted by Gasteiger charge is 2.38. The van der Waals surface area contributed by atoms with Crippen LogP contribution in [0.5, 0.6) is 0 Å². The fourth-order valence-electron chi connectivity index (χ4n) is 4.73. The highest BCUT2D eigenvalue weighted by molar-refractivity contribution is 5.87. The monoisotopic (exact) mass is 390 g/mol. The van der Waals surface area contributed by atoms with E-state index in [4.69, 9.17) is 0 Å². The van der Waals surface area contributed by atoms with Gasteiger partial charge in [0.2, 0.25) is 11.8 Å². The van der Waals surface area contributed by atoms with Crippen LogP contribution in [0.3, 0.4) is 0 Å². The lowest BCUT2D eigenvalue weighted by Crippen LogP contribution is -2.55. The zero-order valence-corrected chi connectivity index (χ0v) is 17.6. The first-order valence-corrected chi connectivity index (χ1v) is 10.7. The topological polar surface area (TPSA) is 40.6 Å². The summed E-state index contributed by atoms with van der Waals surface area (Å²) in [5, 5.41) is 0. The molecule has 1 fully saturated rings. The predicted molar refractivity (Wildman–Crippen MR) is 115 cm³/mol. The Hall–Kier alpha value is -2.62. The third kappa shape index (κ3) is 3.93. The molecule has 4 rings (SSSR count). The van der Waals surface area contributed by atoms with Crippen molar-refractivity contribution in [2.45, 2.75) is 45.6 Å². The van der Waals surface area contributed by atoms with Crippen LogP contribution in [0.4, 0.5) is 0 Å². The molecule has 2 amide bonds. The van der Waals surface area contributed by atoms with E-state index >= 15 is 0 Å². The van der Waals surface area contributed by atoms with E-state index in [0.717, 1.165) is 13.0 Å². The smallest absolute Gasteiger partial charge is 0.242 e. The predicted octanol–water partition coefficient (Wildman–Crippen LogP) is 4.09. The van der Waals surface area contributed by atoms with Gasteiger partial charge in [-0.2, -0.15) is 0 Å². The van der Waals surface area contributed by atoms with E-state index in [0.29, 0.717) is 18.9 Å². The van der Waals surface area contributed by atoms with E-state index in [-0.39, 0.29) is 30.3 Å². The summed E-state index contributed by atoms with van der Waals surface area (Å²) in [7, 11) is 0. The number of carbonyl (C=O) groups is 2. The molecule has 2 aliphatic rings. The van der Waals surface area contributed by atoms with Gasteiger partial charge in [0.1, 0.15) is 0 Å². The number of aryl methyl sites for hydroxylation is 1. The minimum atomic E-state index is -0.0120. The Labute approximate surface area is 173 Å². The summed E-state index contributed by atoms with van der Waals surface area (Å²) >= 11 is 0. The maximum atomic E-state index is 13.2.